The number of hydrazone groups is 1. The van der Waals surface area contributed by atoms with E-state index in [9.17, 15) is 13.5 Å². The Morgan fingerprint density at radius 3 is 2.48 bits per heavy atom. The third-order valence-corrected chi connectivity index (χ3v) is 4.80. The minimum atomic E-state index is -3.92. The smallest absolute Gasteiger partial charge is 0.280 e. The predicted molar refractivity (Wildman–Crippen MR) is 95.3 cm³/mol. The molecule has 0 aliphatic heterocycles. The van der Waals surface area contributed by atoms with Crippen LogP contribution in [0, 0.1) is 6.92 Å². The van der Waals surface area contributed by atoms with Gasteiger partial charge in [0.1, 0.15) is 10.6 Å². The van der Waals surface area contributed by atoms with Crippen molar-refractivity contribution in [3.63, 3.8) is 0 Å². The van der Waals surface area contributed by atoms with Crippen molar-refractivity contribution in [2.24, 2.45) is 5.10 Å². The summed E-state index contributed by atoms with van der Waals surface area (Å²) in [5.74, 6) is 0.159. The first kappa shape index (κ1) is 18.9. The second-order valence-electron chi connectivity index (χ2n) is 5.06. The molecule has 0 spiro atoms. The van der Waals surface area contributed by atoms with Crippen LogP contribution in [-0.2, 0) is 10.0 Å². The molecular weight excluding hydrogens is 368 g/mol. The maximum Gasteiger partial charge on any atom is 0.280 e. The van der Waals surface area contributed by atoms with E-state index in [-0.39, 0.29) is 27.2 Å². The van der Waals surface area contributed by atoms with Gasteiger partial charge in [-0.15, -0.1) is 0 Å². The Morgan fingerprint density at radius 2 is 1.84 bits per heavy atom. The third-order valence-electron chi connectivity index (χ3n) is 3.27. The number of ether oxygens (including phenoxy) is 2. The fraction of sp³-hybridized carbons (Fsp3) is 0.188. The van der Waals surface area contributed by atoms with Crippen molar-refractivity contribution in [2.45, 2.75) is 11.8 Å². The van der Waals surface area contributed by atoms with Gasteiger partial charge in [0.15, 0.2) is 11.5 Å². The molecule has 7 nitrogen and oxygen atoms in total. The monoisotopic (exact) mass is 384 g/mol. The van der Waals surface area contributed by atoms with Gasteiger partial charge in [0, 0.05) is 0 Å². The molecule has 0 saturated carbocycles. The number of hydrogen-bond acceptors (Lipinski definition) is 6. The summed E-state index contributed by atoms with van der Waals surface area (Å²) >= 11 is 5.87. The van der Waals surface area contributed by atoms with Gasteiger partial charge in [0.25, 0.3) is 10.0 Å². The number of phenolic OH excluding ortho intramolecular Hbond substituents is 1. The molecule has 2 N–H and O–H groups in total. The van der Waals surface area contributed by atoms with Gasteiger partial charge in [-0.2, -0.15) is 18.4 Å². The maximum absolute atomic E-state index is 12.4. The molecule has 0 aliphatic carbocycles. The lowest BCUT2D eigenvalue weighted by molar-refractivity contribution is 0.373. The number of rotatable bonds is 6. The number of hydrogen-bond donors (Lipinski definition) is 2. The molecule has 0 radical (unpaired) electrons. The summed E-state index contributed by atoms with van der Waals surface area (Å²) in [6, 6.07) is 7.68. The van der Waals surface area contributed by atoms with E-state index in [0.717, 1.165) is 5.56 Å². The summed E-state index contributed by atoms with van der Waals surface area (Å²) in [6.45, 7) is 1.77. The van der Waals surface area contributed by atoms with Gasteiger partial charge in [0.05, 0.1) is 25.5 Å². The standard InChI is InChI=1S/C16H17ClN2O5S/c1-10-4-5-13(23-2)15(6-10)25(21,22)19-18-9-11-7-12(17)16(20)14(8-11)24-3/h4-9,19-20H,1-3H3/b18-9+. The van der Waals surface area contributed by atoms with Crippen LogP contribution in [0.4, 0.5) is 0 Å². The number of sulfonamides is 1. The van der Waals surface area contributed by atoms with Crippen molar-refractivity contribution in [1.82, 2.24) is 4.83 Å². The Kier molecular flexibility index (Phi) is 5.76. The third kappa shape index (κ3) is 4.34. The van der Waals surface area contributed by atoms with Gasteiger partial charge >= 0.3 is 0 Å². The molecule has 0 fully saturated rings. The zero-order valence-corrected chi connectivity index (χ0v) is 15.4. The molecule has 0 atom stereocenters. The van der Waals surface area contributed by atoms with Crippen LogP contribution < -0.4 is 14.3 Å². The number of benzene rings is 2. The van der Waals surface area contributed by atoms with Crippen molar-refractivity contribution in [2.75, 3.05) is 14.2 Å². The minimum Gasteiger partial charge on any atom is -0.503 e. The maximum atomic E-state index is 12.4. The lowest BCUT2D eigenvalue weighted by Crippen LogP contribution is -2.19. The molecule has 0 amide bonds. The highest BCUT2D eigenvalue weighted by Gasteiger charge is 2.19. The Bertz CT molecular complexity index is 913. The van der Waals surface area contributed by atoms with Gasteiger partial charge in [-0.1, -0.05) is 17.7 Å². The Labute approximate surface area is 150 Å². The van der Waals surface area contributed by atoms with E-state index in [1.165, 1.54) is 38.6 Å². The Morgan fingerprint density at radius 1 is 1.16 bits per heavy atom. The van der Waals surface area contributed by atoms with Gasteiger partial charge in [-0.05, 0) is 42.3 Å². The van der Waals surface area contributed by atoms with E-state index in [1.807, 2.05) is 0 Å². The van der Waals surface area contributed by atoms with Crippen LogP contribution in [0.3, 0.4) is 0 Å². The lowest BCUT2D eigenvalue weighted by atomic mass is 10.2. The molecular formula is C16H17ClN2O5S. The van der Waals surface area contributed by atoms with Crippen molar-refractivity contribution < 1.29 is 23.0 Å². The summed E-state index contributed by atoms with van der Waals surface area (Å²) in [7, 11) is -1.16. The summed E-state index contributed by atoms with van der Waals surface area (Å²) < 4.78 is 34.9. The number of nitrogens with zero attached hydrogens (tertiary/aromatic N) is 1. The van der Waals surface area contributed by atoms with Crippen LogP contribution in [-0.4, -0.2) is 34.0 Å². The first-order chi connectivity index (χ1) is 11.8. The quantitative estimate of drug-likeness (QED) is 0.589. The van der Waals surface area contributed by atoms with Gasteiger partial charge in [-0.3, -0.25) is 0 Å². The van der Waals surface area contributed by atoms with E-state index in [1.54, 1.807) is 19.1 Å². The molecule has 2 aromatic carbocycles. The van der Waals surface area contributed by atoms with Crippen molar-refractivity contribution in [3.8, 4) is 17.2 Å². The molecule has 25 heavy (non-hydrogen) atoms. The predicted octanol–water partition coefficient (Wildman–Crippen LogP) is 2.68. The highest BCUT2D eigenvalue weighted by atomic mass is 35.5. The van der Waals surface area contributed by atoms with Gasteiger partial charge in [-0.25, -0.2) is 0 Å². The van der Waals surface area contributed by atoms with E-state index >= 15 is 0 Å². The average molecular weight is 385 g/mol. The fourth-order valence-corrected chi connectivity index (χ4v) is 3.30. The molecule has 0 aliphatic rings. The highest BCUT2D eigenvalue weighted by Crippen LogP contribution is 2.34. The van der Waals surface area contributed by atoms with Gasteiger partial charge in [0.2, 0.25) is 0 Å². The second-order valence-corrected chi connectivity index (χ2v) is 7.10. The minimum absolute atomic E-state index is 0.0199. The van der Waals surface area contributed by atoms with Crippen LogP contribution in [0.25, 0.3) is 0 Å². The molecule has 0 bridgehead atoms. The Balaban J connectivity index is 2.27. The first-order valence-corrected chi connectivity index (χ1v) is 8.90. The summed E-state index contributed by atoms with van der Waals surface area (Å²) in [5.41, 5.74) is 1.21. The first-order valence-electron chi connectivity index (χ1n) is 7.04. The molecule has 0 heterocycles. The molecule has 9 heteroatoms. The number of nitrogens with one attached hydrogen (secondary N) is 1. The summed E-state index contributed by atoms with van der Waals surface area (Å²) in [5, 5.41) is 13.5. The molecule has 2 aromatic rings. The highest BCUT2D eigenvalue weighted by molar-refractivity contribution is 7.89. The van der Waals surface area contributed by atoms with E-state index in [0.29, 0.717) is 5.56 Å². The van der Waals surface area contributed by atoms with Crippen LogP contribution >= 0.6 is 11.6 Å². The fourth-order valence-electron chi connectivity index (χ4n) is 2.04. The van der Waals surface area contributed by atoms with Crippen LogP contribution in [0.5, 0.6) is 17.2 Å². The Hall–Kier alpha value is -2.45. The van der Waals surface area contributed by atoms with E-state index in [2.05, 4.69) is 9.93 Å². The largest absolute Gasteiger partial charge is 0.503 e. The normalized spacial score (nSPS) is 11.5. The van der Waals surface area contributed by atoms with Crippen LogP contribution in [0.15, 0.2) is 40.3 Å². The number of phenols is 1. The number of aromatic hydroxyl groups is 1. The average Bonchev–Trinajstić information content (AvgIpc) is 2.57. The lowest BCUT2D eigenvalue weighted by Gasteiger charge is -2.10. The molecule has 0 aromatic heterocycles. The number of aryl methyl sites for hydroxylation is 1. The topological polar surface area (TPSA) is 97.2 Å². The molecule has 2 rings (SSSR count). The van der Waals surface area contributed by atoms with Crippen LogP contribution in [0.1, 0.15) is 11.1 Å². The second kappa shape index (κ2) is 7.62. The van der Waals surface area contributed by atoms with Crippen molar-refractivity contribution in [1.29, 1.82) is 0 Å². The van der Waals surface area contributed by atoms with Crippen molar-refractivity contribution >= 4 is 27.8 Å². The van der Waals surface area contributed by atoms with E-state index < -0.39 is 10.0 Å². The summed E-state index contributed by atoms with van der Waals surface area (Å²) in [6.07, 6.45) is 1.24. The molecule has 0 unspecified atom stereocenters. The number of halogens is 1. The zero-order chi connectivity index (χ0) is 18.6. The summed E-state index contributed by atoms with van der Waals surface area (Å²) in [4.78, 5) is 2.09. The SMILES string of the molecule is COc1ccc(C)cc1S(=O)(=O)N/N=C/c1cc(Cl)c(O)c(OC)c1. The number of methoxy groups -OCH3 is 2. The van der Waals surface area contributed by atoms with Gasteiger partial charge < -0.3 is 14.6 Å². The van der Waals surface area contributed by atoms with Crippen LogP contribution in [0.2, 0.25) is 5.02 Å². The molecule has 0 saturated heterocycles. The van der Waals surface area contributed by atoms with E-state index in [4.69, 9.17) is 21.1 Å². The zero-order valence-electron chi connectivity index (χ0n) is 13.8. The van der Waals surface area contributed by atoms with Crippen molar-refractivity contribution in [3.05, 3.63) is 46.5 Å². The molecule has 134 valence electrons.